The molecule has 0 aliphatic carbocycles. The molecule has 94 valence electrons. The molecule has 18 heavy (non-hydrogen) atoms. The first-order valence-corrected chi connectivity index (χ1v) is 5.69. The van der Waals surface area contributed by atoms with Gasteiger partial charge in [0.05, 0.1) is 18.7 Å². The van der Waals surface area contributed by atoms with Gasteiger partial charge < -0.3 is 9.84 Å². The van der Waals surface area contributed by atoms with Gasteiger partial charge in [-0.1, -0.05) is 30.3 Å². The van der Waals surface area contributed by atoms with E-state index >= 15 is 0 Å². The van der Waals surface area contributed by atoms with Crippen LogP contribution >= 0.6 is 0 Å². The summed E-state index contributed by atoms with van der Waals surface area (Å²) in [6.45, 7) is 1.99. The lowest BCUT2D eigenvalue weighted by Gasteiger charge is -2.14. The first kappa shape index (κ1) is 12.3. The van der Waals surface area contributed by atoms with Crippen LogP contribution in [0.1, 0.15) is 18.9 Å². The largest absolute Gasteiger partial charge is 0.481 e. The van der Waals surface area contributed by atoms with Crippen LogP contribution < -0.4 is 0 Å². The molecule has 5 heteroatoms. The molecule has 5 nitrogen and oxygen atoms in total. The molecule has 1 aromatic rings. The molecule has 0 fully saturated rings. The fourth-order valence-corrected chi connectivity index (χ4v) is 1.80. The predicted molar refractivity (Wildman–Crippen MR) is 67.8 cm³/mol. The first-order valence-electron chi connectivity index (χ1n) is 5.69. The second-order valence-electron chi connectivity index (χ2n) is 4.08. The van der Waals surface area contributed by atoms with Gasteiger partial charge in [0.1, 0.15) is 0 Å². The summed E-state index contributed by atoms with van der Waals surface area (Å²) in [5.74, 6) is -0.700. The molecule has 0 saturated carbocycles. The molecule has 1 aliphatic heterocycles. The minimum absolute atomic E-state index is 0.0173. The van der Waals surface area contributed by atoms with Crippen LogP contribution in [0, 0.1) is 5.92 Å². The highest BCUT2D eigenvalue weighted by Gasteiger charge is 2.24. The van der Waals surface area contributed by atoms with Crippen LogP contribution in [-0.4, -0.2) is 29.3 Å². The second-order valence-corrected chi connectivity index (χ2v) is 4.08. The minimum atomic E-state index is -0.869. The fourth-order valence-electron chi connectivity index (χ4n) is 1.80. The summed E-state index contributed by atoms with van der Waals surface area (Å²) in [7, 11) is 0. The van der Waals surface area contributed by atoms with E-state index in [1.807, 2.05) is 30.3 Å². The van der Waals surface area contributed by atoms with E-state index < -0.39 is 5.97 Å². The van der Waals surface area contributed by atoms with Crippen LogP contribution in [0.4, 0.5) is 0 Å². The molecule has 0 radical (unpaired) electrons. The summed E-state index contributed by atoms with van der Waals surface area (Å²) in [5.41, 5.74) is 1.54. The monoisotopic (exact) mass is 246 g/mol. The van der Waals surface area contributed by atoms with Gasteiger partial charge in [-0.25, -0.2) is 0 Å². The highest BCUT2D eigenvalue weighted by molar-refractivity contribution is 6.04. The summed E-state index contributed by atoms with van der Waals surface area (Å²) in [6.07, 6.45) is -0.0173. The molecular weight excluding hydrogens is 232 g/mol. The van der Waals surface area contributed by atoms with E-state index in [1.54, 1.807) is 6.92 Å². The van der Waals surface area contributed by atoms with Gasteiger partial charge in [-0.15, -0.1) is 5.10 Å². The maximum absolute atomic E-state index is 10.9. The van der Waals surface area contributed by atoms with Crippen molar-refractivity contribution in [3.8, 4) is 0 Å². The number of hydrogen-bond donors (Lipinski definition) is 1. The average molecular weight is 246 g/mol. The van der Waals surface area contributed by atoms with E-state index in [9.17, 15) is 4.79 Å². The zero-order chi connectivity index (χ0) is 13.0. The van der Waals surface area contributed by atoms with Crippen LogP contribution in [0.2, 0.25) is 0 Å². The number of aliphatic carboxylic acids is 1. The van der Waals surface area contributed by atoms with Crippen LogP contribution in [0.15, 0.2) is 40.5 Å². The molecule has 1 aromatic carbocycles. The van der Waals surface area contributed by atoms with Crippen molar-refractivity contribution in [2.75, 3.05) is 6.61 Å². The minimum Gasteiger partial charge on any atom is -0.481 e. The number of nitrogens with zero attached hydrogens (tertiary/aromatic N) is 2. The van der Waals surface area contributed by atoms with Gasteiger partial charge in [-0.3, -0.25) is 4.79 Å². The highest BCUT2D eigenvalue weighted by Crippen LogP contribution is 2.17. The van der Waals surface area contributed by atoms with Gasteiger partial charge in [0, 0.05) is 12.8 Å². The Labute approximate surface area is 105 Å². The Morgan fingerprint density at radius 3 is 2.78 bits per heavy atom. The number of benzene rings is 1. The van der Waals surface area contributed by atoms with E-state index in [-0.39, 0.29) is 18.9 Å². The van der Waals surface area contributed by atoms with E-state index in [0.717, 1.165) is 5.56 Å². The standard InChI is InChI=1S/C13H14N2O3/c1-9-14-15-13(10-5-3-2-4-6-10)11(8-18-9)7-12(16)17/h2-6,11H,7-8H2,1H3,(H,16,17). The lowest BCUT2D eigenvalue weighted by Crippen LogP contribution is -2.23. The second kappa shape index (κ2) is 5.44. The highest BCUT2D eigenvalue weighted by atomic mass is 16.5. The van der Waals surface area contributed by atoms with Crippen LogP contribution in [0.25, 0.3) is 0 Å². The van der Waals surface area contributed by atoms with Gasteiger partial charge >= 0.3 is 5.97 Å². The zero-order valence-electron chi connectivity index (χ0n) is 10.0. The maximum Gasteiger partial charge on any atom is 0.304 e. The number of ether oxygens (including phenoxy) is 1. The normalized spacial score (nSPS) is 19.3. The molecule has 1 heterocycles. The maximum atomic E-state index is 10.9. The molecule has 1 atom stereocenters. The molecule has 1 aliphatic rings. The third-order valence-corrected chi connectivity index (χ3v) is 2.67. The SMILES string of the molecule is CC1=NN=C(c2ccccc2)C(CC(=O)O)CO1. The smallest absolute Gasteiger partial charge is 0.304 e. The van der Waals surface area contributed by atoms with Gasteiger partial charge in [0.25, 0.3) is 0 Å². The Hall–Kier alpha value is -2.17. The summed E-state index contributed by atoms with van der Waals surface area (Å²) < 4.78 is 5.34. The van der Waals surface area contributed by atoms with Gasteiger partial charge in [0.2, 0.25) is 5.90 Å². The fraction of sp³-hybridized carbons (Fsp3) is 0.308. The lowest BCUT2D eigenvalue weighted by atomic mass is 9.94. The molecule has 2 rings (SSSR count). The van der Waals surface area contributed by atoms with Crippen LogP contribution in [-0.2, 0) is 9.53 Å². The van der Waals surface area contributed by atoms with Crippen molar-refractivity contribution in [1.29, 1.82) is 0 Å². The van der Waals surface area contributed by atoms with Crippen molar-refractivity contribution in [3.63, 3.8) is 0 Å². The topological polar surface area (TPSA) is 71.2 Å². The van der Waals surface area contributed by atoms with Crippen LogP contribution in [0.5, 0.6) is 0 Å². The third-order valence-electron chi connectivity index (χ3n) is 2.67. The number of rotatable bonds is 3. The molecule has 0 spiro atoms. The van der Waals surface area contributed by atoms with Crippen molar-refractivity contribution in [1.82, 2.24) is 0 Å². The zero-order valence-corrected chi connectivity index (χ0v) is 10.0. The van der Waals surface area contributed by atoms with E-state index in [0.29, 0.717) is 11.6 Å². The van der Waals surface area contributed by atoms with E-state index in [2.05, 4.69) is 10.2 Å². The van der Waals surface area contributed by atoms with Gasteiger partial charge in [0.15, 0.2) is 0 Å². The average Bonchev–Trinajstić information content (AvgIpc) is 2.53. The predicted octanol–water partition coefficient (Wildman–Crippen LogP) is 1.93. The van der Waals surface area contributed by atoms with Gasteiger partial charge in [-0.2, -0.15) is 5.10 Å². The van der Waals surface area contributed by atoms with Crippen molar-refractivity contribution in [2.45, 2.75) is 13.3 Å². The van der Waals surface area contributed by atoms with Crippen molar-refractivity contribution in [2.24, 2.45) is 16.1 Å². The Morgan fingerprint density at radius 2 is 2.11 bits per heavy atom. The third kappa shape index (κ3) is 2.94. The van der Waals surface area contributed by atoms with Crippen molar-refractivity contribution >= 4 is 17.6 Å². The Bertz CT molecular complexity index is 494. The Balaban J connectivity index is 2.33. The van der Waals surface area contributed by atoms with Gasteiger partial charge in [-0.05, 0) is 5.56 Å². The molecule has 0 amide bonds. The van der Waals surface area contributed by atoms with Crippen LogP contribution in [0.3, 0.4) is 0 Å². The van der Waals surface area contributed by atoms with Crippen molar-refractivity contribution in [3.05, 3.63) is 35.9 Å². The molecule has 0 bridgehead atoms. The number of hydrogen-bond acceptors (Lipinski definition) is 4. The summed E-state index contributed by atoms with van der Waals surface area (Å²) in [5, 5.41) is 17.0. The number of carboxylic acid groups (broad SMARTS) is 1. The quantitative estimate of drug-likeness (QED) is 0.885. The van der Waals surface area contributed by atoms with Crippen molar-refractivity contribution < 1.29 is 14.6 Å². The summed E-state index contributed by atoms with van der Waals surface area (Å²) in [6, 6.07) is 9.46. The first-order chi connectivity index (χ1) is 8.66. The lowest BCUT2D eigenvalue weighted by molar-refractivity contribution is -0.137. The number of carbonyl (C=O) groups is 1. The Morgan fingerprint density at radius 1 is 1.39 bits per heavy atom. The Kier molecular flexibility index (Phi) is 3.72. The molecular formula is C13H14N2O3. The van der Waals surface area contributed by atoms with E-state index in [1.165, 1.54) is 0 Å². The summed E-state index contributed by atoms with van der Waals surface area (Å²) in [4.78, 5) is 10.9. The van der Waals surface area contributed by atoms with E-state index in [4.69, 9.17) is 9.84 Å². The summed E-state index contributed by atoms with van der Waals surface area (Å²) >= 11 is 0. The number of carboxylic acids is 1. The molecule has 0 aromatic heterocycles. The molecule has 0 saturated heterocycles. The molecule has 1 unspecified atom stereocenters. The molecule has 1 N–H and O–H groups in total.